The van der Waals surface area contributed by atoms with Crippen LogP contribution in [-0.4, -0.2) is 31.4 Å². The Bertz CT molecular complexity index is 446. The summed E-state index contributed by atoms with van der Waals surface area (Å²) in [5.74, 6) is -0.470. The minimum Gasteiger partial charge on any atom is -0.366 e. The molecule has 0 aliphatic rings. The van der Waals surface area contributed by atoms with Gasteiger partial charge in [0.05, 0.1) is 11.6 Å². The Hall–Kier alpha value is -1.86. The molecule has 0 saturated carbocycles. The molecule has 0 heterocycles. The van der Waals surface area contributed by atoms with E-state index in [1.54, 1.807) is 18.2 Å². The minimum atomic E-state index is -0.470. The van der Waals surface area contributed by atoms with Crippen LogP contribution in [0.1, 0.15) is 27.9 Å². The van der Waals surface area contributed by atoms with Crippen molar-refractivity contribution in [1.82, 2.24) is 4.90 Å². The molecule has 90 valence electrons. The van der Waals surface area contributed by atoms with E-state index in [9.17, 15) is 4.79 Å². The molecule has 0 radical (unpaired) electrons. The Kier molecular flexibility index (Phi) is 4.68. The molecular weight excluding hydrogens is 214 g/mol. The largest absolute Gasteiger partial charge is 0.366 e. The molecule has 17 heavy (non-hydrogen) atoms. The number of hydrogen-bond donors (Lipinski definition) is 1. The van der Waals surface area contributed by atoms with Gasteiger partial charge in [-0.1, -0.05) is 6.07 Å². The third-order valence-corrected chi connectivity index (χ3v) is 2.59. The van der Waals surface area contributed by atoms with E-state index in [1.165, 1.54) is 0 Å². The lowest BCUT2D eigenvalue weighted by molar-refractivity contribution is 0.0999. The number of nitrogens with two attached hydrogens (primary N) is 1. The topological polar surface area (TPSA) is 70.1 Å². The van der Waals surface area contributed by atoms with E-state index in [-0.39, 0.29) is 0 Å². The Balaban J connectivity index is 2.94. The summed E-state index contributed by atoms with van der Waals surface area (Å²) < 4.78 is 0. The van der Waals surface area contributed by atoms with E-state index in [2.05, 4.69) is 11.0 Å². The number of carbonyl (C=O) groups excluding carboxylic acids is 1. The number of carbonyl (C=O) groups is 1. The van der Waals surface area contributed by atoms with Crippen LogP contribution in [0.3, 0.4) is 0 Å². The van der Waals surface area contributed by atoms with Gasteiger partial charge in [0.15, 0.2) is 0 Å². The van der Waals surface area contributed by atoms with Gasteiger partial charge < -0.3 is 10.6 Å². The first-order valence-electron chi connectivity index (χ1n) is 5.52. The average Bonchev–Trinajstić information content (AvgIpc) is 2.28. The molecule has 1 amide bonds. The van der Waals surface area contributed by atoms with E-state index < -0.39 is 5.91 Å². The number of benzene rings is 1. The van der Waals surface area contributed by atoms with Gasteiger partial charge in [-0.2, -0.15) is 5.26 Å². The van der Waals surface area contributed by atoms with Crippen molar-refractivity contribution in [3.8, 4) is 6.07 Å². The molecule has 0 fully saturated rings. The number of hydrogen-bond acceptors (Lipinski definition) is 3. The van der Waals surface area contributed by atoms with Crippen LogP contribution in [0, 0.1) is 11.3 Å². The maximum absolute atomic E-state index is 11.3. The van der Waals surface area contributed by atoms with Gasteiger partial charge >= 0.3 is 0 Å². The highest BCUT2D eigenvalue weighted by Gasteiger charge is 2.11. The Morgan fingerprint density at radius 2 is 2.18 bits per heavy atom. The lowest BCUT2D eigenvalue weighted by Gasteiger charge is -2.11. The van der Waals surface area contributed by atoms with Crippen molar-refractivity contribution in [3.63, 3.8) is 0 Å². The molecule has 1 rings (SSSR count). The van der Waals surface area contributed by atoms with E-state index in [0.29, 0.717) is 17.5 Å². The number of rotatable bonds is 5. The van der Waals surface area contributed by atoms with Crippen LogP contribution < -0.4 is 5.73 Å². The summed E-state index contributed by atoms with van der Waals surface area (Å²) in [6.45, 7) is 0.915. The van der Waals surface area contributed by atoms with Gasteiger partial charge in [0.1, 0.15) is 0 Å². The highest BCUT2D eigenvalue weighted by Crippen LogP contribution is 2.16. The van der Waals surface area contributed by atoms with Gasteiger partial charge in [-0.25, -0.2) is 0 Å². The maximum atomic E-state index is 11.3. The second-order valence-corrected chi connectivity index (χ2v) is 4.21. The quantitative estimate of drug-likeness (QED) is 0.826. The summed E-state index contributed by atoms with van der Waals surface area (Å²) >= 11 is 0. The summed E-state index contributed by atoms with van der Waals surface area (Å²) in [5, 5.41) is 9.02. The Morgan fingerprint density at radius 1 is 1.47 bits per heavy atom. The summed E-state index contributed by atoms with van der Waals surface area (Å²) in [6.07, 6.45) is 1.59. The molecular formula is C13H17N3O. The van der Waals surface area contributed by atoms with E-state index in [0.717, 1.165) is 18.5 Å². The number of nitrogens with zero attached hydrogens (tertiary/aromatic N) is 2. The molecule has 0 spiro atoms. The van der Waals surface area contributed by atoms with Crippen LogP contribution in [0.4, 0.5) is 0 Å². The highest BCUT2D eigenvalue weighted by molar-refractivity contribution is 5.94. The molecule has 2 N–H and O–H groups in total. The van der Waals surface area contributed by atoms with Crippen molar-refractivity contribution < 1.29 is 4.79 Å². The van der Waals surface area contributed by atoms with Crippen LogP contribution in [0.25, 0.3) is 0 Å². The van der Waals surface area contributed by atoms with Gasteiger partial charge in [0.2, 0.25) is 5.91 Å². The lowest BCUT2D eigenvalue weighted by atomic mass is 9.97. The zero-order valence-electron chi connectivity index (χ0n) is 10.2. The minimum absolute atomic E-state index is 0.461. The van der Waals surface area contributed by atoms with Crippen LogP contribution >= 0.6 is 0 Å². The second kappa shape index (κ2) is 6.02. The third-order valence-electron chi connectivity index (χ3n) is 2.59. The van der Waals surface area contributed by atoms with Gasteiger partial charge in [-0.15, -0.1) is 0 Å². The van der Waals surface area contributed by atoms with Gasteiger partial charge in [-0.05, 0) is 51.2 Å². The first kappa shape index (κ1) is 13.2. The van der Waals surface area contributed by atoms with Crippen molar-refractivity contribution in [1.29, 1.82) is 5.26 Å². The fourth-order valence-electron chi connectivity index (χ4n) is 1.76. The number of primary amides is 1. The first-order chi connectivity index (χ1) is 8.06. The fourth-order valence-corrected chi connectivity index (χ4v) is 1.76. The lowest BCUT2D eigenvalue weighted by Crippen LogP contribution is -2.17. The molecule has 0 atom stereocenters. The Labute approximate surface area is 102 Å². The molecule has 0 aromatic heterocycles. The van der Waals surface area contributed by atoms with Gasteiger partial charge in [-0.3, -0.25) is 4.79 Å². The van der Waals surface area contributed by atoms with Crippen LogP contribution in [-0.2, 0) is 6.42 Å². The van der Waals surface area contributed by atoms with E-state index in [4.69, 9.17) is 11.0 Å². The van der Waals surface area contributed by atoms with Crippen LogP contribution in [0.15, 0.2) is 18.2 Å². The molecule has 0 bridgehead atoms. The monoisotopic (exact) mass is 231 g/mol. The molecule has 0 unspecified atom stereocenters. The van der Waals surface area contributed by atoms with Crippen molar-refractivity contribution in [2.75, 3.05) is 20.6 Å². The van der Waals surface area contributed by atoms with E-state index in [1.807, 2.05) is 14.1 Å². The standard InChI is InChI=1S/C13H17N3O/c1-16(2)8-4-7-11-10(9-14)5-3-6-12(11)13(15)17/h3,5-6H,4,7-8H2,1-2H3,(H2,15,17). The summed E-state index contributed by atoms with van der Waals surface area (Å²) in [4.78, 5) is 13.4. The fraction of sp³-hybridized carbons (Fsp3) is 0.385. The summed E-state index contributed by atoms with van der Waals surface area (Å²) in [5.41, 5.74) is 7.08. The molecule has 4 heteroatoms. The molecule has 0 saturated heterocycles. The van der Waals surface area contributed by atoms with E-state index >= 15 is 0 Å². The normalized spacial score (nSPS) is 10.2. The molecule has 0 aliphatic heterocycles. The van der Waals surface area contributed by atoms with Crippen molar-refractivity contribution in [2.45, 2.75) is 12.8 Å². The van der Waals surface area contributed by atoms with Gasteiger partial charge in [0, 0.05) is 5.56 Å². The SMILES string of the molecule is CN(C)CCCc1c(C#N)cccc1C(N)=O. The Morgan fingerprint density at radius 3 is 2.71 bits per heavy atom. The average molecular weight is 231 g/mol. The molecule has 4 nitrogen and oxygen atoms in total. The predicted octanol–water partition coefficient (Wildman–Crippen LogP) is 1.15. The van der Waals surface area contributed by atoms with Crippen molar-refractivity contribution >= 4 is 5.91 Å². The summed E-state index contributed by atoms with van der Waals surface area (Å²) in [6, 6.07) is 7.19. The zero-order chi connectivity index (χ0) is 12.8. The van der Waals surface area contributed by atoms with Crippen molar-refractivity contribution in [2.24, 2.45) is 5.73 Å². The molecule has 1 aromatic carbocycles. The molecule has 1 aromatic rings. The highest BCUT2D eigenvalue weighted by atomic mass is 16.1. The smallest absolute Gasteiger partial charge is 0.249 e. The zero-order valence-corrected chi connectivity index (χ0v) is 10.2. The number of nitriles is 1. The maximum Gasteiger partial charge on any atom is 0.249 e. The second-order valence-electron chi connectivity index (χ2n) is 4.21. The van der Waals surface area contributed by atoms with Crippen molar-refractivity contribution in [3.05, 3.63) is 34.9 Å². The molecule has 0 aliphatic carbocycles. The van der Waals surface area contributed by atoms with Crippen LogP contribution in [0.2, 0.25) is 0 Å². The number of amides is 1. The van der Waals surface area contributed by atoms with Gasteiger partial charge in [0.25, 0.3) is 0 Å². The van der Waals surface area contributed by atoms with Crippen LogP contribution in [0.5, 0.6) is 0 Å². The first-order valence-corrected chi connectivity index (χ1v) is 5.52. The third kappa shape index (κ3) is 3.58. The summed E-state index contributed by atoms with van der Waals surface area (Å²) in [7, 11) is 3.98. The predicted molar refractivity (Wildman–Crippen MR) is 66.5 cm³/mol.